The average molecular weight is 296 g/mol. The minimum atomic E-state index is 0.265. The van der Waals surface area contributed by atoms with Crippen molar-refractivity contribution >= 4 is 29.0 Å². The Kier molecular flexibility index (Phi) is 4.61. The first-order valence-corrected chi connectivity index (χ1v) is 6.82. The van der Waals surface area contributed by atoms with Gasteiger partial charge in [-0.25, -0.2) is 9.97 Å². The van der Waals surface area contributed by atoms with E-state index in [0.29, 0.717) is 11.7 Å². The van der Waals surface area contributed by atoms with Crippen LogP contribution in [0.5, 0.6) is 0 Å². The molecule has 0 saturated carbocycles. The summed E-state index contributed by atoms with van der Waals surface area (Å²) in [7, 11) is 0. The Bertz CT molecular complexity index is 553. The van der Waals surface area contributed by atoms with E-state index in [1.807, 2.05) is 24.3 Å². The number of halogens is 2. The molecule has 0 amide bonds. The lowest BCUT2D eigenvalue weighted by Crippen LogP contribution is -2.07. The van der Waals surface area contributed by atoms with Crippen LogP contribution in [-0.2, 0) is 6.54 Å². The van der Waals surface area contributed by atoms with Crippen molar-refractivity contribution < 1.29 is 0 Å². The van der Waals surface area contributed by atoms with E-state index in [1.54, 1.807) is 0 Å². The fourth-order valence-corrected chi connectivity index (χ4v) is 2.29. The summed E-state index contributed by atoms with van der Waals surface area (Å²) in [6.45, 7) is 4.81. The van der Waals surface area contributed by atoms with E-state index in [0.717, 1.165) is 22.0 Å². The molecule has 0 atom stereocenters. The zero-order valence-corrected chi connectivity index (χ0v) is 12.3. The lowest BCUT2D eigenvalue weighted by Gasteiger charge is -2.14. The summed E-state index contributed by atoms with van der Waals surface area (Å²) in [5.74, 6) is 1.05. The molecular formula is C14H15Cl2N3. The summed E-state index contributed by atoms with van der Waals surface area (Å²) in [6.07, 6.45) is 1.47. The molecular weight excluding hydrogens is 281 g/mol. The molecule has 0 bridgehead atoms. The number of benzene rings is 1. The second-order valence-electron chi connectivity index (χ2n) is 4.56. The number of aromatic nitrogens is 2. The SMILES string of the molecule is CC(C)c1c(Cl)ncnc1NCc1ccc(Cl)cc1. The van der Waals surface area contributed by atoms with Crippen molar-refractivity contribution in [1.82, 2.24) is 9.97 Å². The summed E-state index contributed by atoms with van der Waals surface area (Å²) >= 11 is 12.0. The van der Waals surface area contributed by atoms with Crippen LogP contribution < -0.4 is 5.32 Å². The van der Waals surface area contributed by atoms with Crippen molar-refractivity contribution in [2.75, 3.05) is 5.32 Å². The molecule has 19 heavy (non-hydrogen) atoms. The van der Waals surface area contributed by atoms with Gasteiger partial charge in [-0.15, -0.1) is 0 Å². The van der Waals surface area contributed by atoms with Gasteiger partial charge in [-0.2, -0.15) is 0 Å². The Morgan fingerprint density at radius 2 is 1.79 bits per heavy atom. The molecule has 2 aromatic rings. The number of nitrogens with zero attached hydrogens (tertiary/aromatic N) is 2. The highest BCUT2D eigenvalue weighted by Gasteiger charge is 2.13. The molecule has 0 unspecified atom stereocenters. The monoisotopic (exact) mass is 295 g/mol. The Labute approximate surface area is 123 Å². The number of rotatable bonds is 4. The third-order valence-corrected chi connectivity index (χ3v) is 3.34. The van der Waals surface area contributed by atoms with E-state index in [9.17, 15) is 0 Å². The number of hydrogen-bond donors (Lipinski definition) is 1. The molecule has 0 saturated heterocycles. The fraction of sp³-hybridized carbons (Fsp3) is 0.286. The van der Waals surface area contributed by atoms with Crippen LogP contribution in [-0.4, -0.2) is 9.97 Å². The molecule has 1 aromatic heterocycles. The van der Waals surface area contributed by atoms with Crippen molar-refractivity contribution in [3.8, 4) is 0 Å². The molecule has 0 aliphatic carbocycles. The zero-order chi connectivity index (χ0) is 13.8. The largest absolute Gasteiger partial charge is 0.366 e. The highest BCUT2D eigenvalue weighted by atomic mass is 35.5. The first-order valence-electron chi connectivity index (χ1n) is 6.06. The van der Waals surface area contributed by atoms with Crippen molar-refractivity contribution in [2.24, 2.45) is 0 Å². The predicted molar refractivity (Wildman–Crippen MR) is 79.9 cm³/mol. The Hall–Kier alpha value is -1.32. The molecule has 1 aromatic carbocycles. The number of hydrogen-bond acceptors (Lipinski definition) is 3. The molecule has 5 heteroatoms. The van der Waals surface area contributed by atoms with E-state index in [2.05, 4.69) is 29.1 Å². The summed E-state index contributed by atoms with van der Waals surface area (Å²) in [4.78, 5) is 8.29. The van der Waals surface area contributed by atoms with E-state index >= 15 is 0 Å². The summed E-state index contributed by atoms with van der Waals surface area (Å²) < 4.78 is 0. The average Bonchev–Trinajstić information content (AvgIpc) is 2.37. The maximum absolute atomic E-state index is 6.12. The van der Waals surface area contributed by atoms with Gasteiger partial charge in [0, 0.05) is 17.1 Å². The topological polar surface area (TPSA) is 37.8 Å². The third kappa shape index (κ3) is 3.58. The van der Waals surface area contributed by atoms with E-state index in [1.165, 1.54) is 6.33 Å². The molecule has 1 N–H and O–H groups in total. The van der Waals surface area contributed by atoms with Crippen LogP contribution in [0.4, 0.5) is 5.82 Å². The highest BCUT2D eigenvalue weighted by molar-refractivity contribution is 6.30. The molecule has 1 heterocycles. The molecule has 3 nitrogen and oxygen atoms in total. The van der Waals surface area contributed by atoms with Crippen LogP contribution in [0.15, 0.2) is 30.6 Å². The van der Waals surface area contributed by atoms with Gasteiger partial charge in [-0.05, 0) is 23.6 Å². The normalized spacial score (nSPS) is 10.8. The molecule has 0 fully saturated rings. The van der Waals surface area contributed by atoms with Gasteiger partial charge in [0.15, 0.2) is 0 Å². The van der Waals surface area contributed by atoms with Crippen LogP contribution in [0.2, 0.25) is 10.2 Å². The zero-order valence-electron chi connectivity index (χ0n) is 10.8. The van der Waals surface area contributed by atoms with Crippen LogP contribution in [0.25, 0.3) is 0 Å². The lowest BCUT2D eigenvalue weighted by molar-refractivity contribution is 0.844. The van der Waals surface area contributed by atoms with Crippen LogP contribution >= 0.6 is 23.2 Å². The Balaban J connectivity index is 2.15. The predicted octanol–water partition coefficient (Wildman–Crippen LogP) is 4.52. The van der Waals surface area contributed by atoms with E-state index in [-0.39, 0.29) is 5.92 Å². The Morgan fingerprint density at radius 1 is 1.11 bits per heavy atom. The highest BCUT2D eigenvalue weighted by Crippen LogP contribution is 2.28. The summed E-state index contributed by atoms with van der Waals surface area (Å²) in [5, 5.41) is 4.53. The van der Waals surface area contributed by atoms with Gasteiger partial charge in [-0.3, -0.25) is 0 Å². The van der Waals surface area contributed by atoms with Crippen molar-refractivity contribution in [1.29, 1.82) is 0 Å². The smallest absolute Gasteiger partial charge is 0.138 e. The molecule has 0 spiro atoms. The maximum Gasteiger partial charge on any atom is 0.138 e. The third-order valence-electron chi connectivity index (χ3n) is 2.79. The van der Waals surface area contributed by atoms with Gasteiger partial charge in [0.25, 0.3) is 0 Å². The minimum absolute atomic E-state index is 0.265. The van der Waals surface area contributed by atoms with Crippen LogP contribution in [0, 0.1) is 0 Å². The minimum Gasteiger partial charge on any atom is -0.366 e. The molecule has 100 valence electrons. The molecule has 0 radical (unpaired) electrons. The lowest BCUT2D eigenvalue weighted by atomic mass is 10.1. The van der Waals surface area contributed by atoms with Gasteiger partial charge >= 0.3 is 0 Å². The maximum atomic E-state index is 6.12. The van der Waals surface area contributed by atoms with Gasteiger partial charge in [-0.1, -0.05) is 49.2 Å². The quantitative estimate of drug-likeness (QED) is 0.843. The standard InChI is InChI=1S/C14H15Cl2N3/c1-9(2)12-13(16)18-8-19-14(12)17-7-10-3-5-11(15)6-4-10/h3-6,8-9H,7H2,1-2H3,(H,17,18,19). The van der Waals surface area contributed by atoms with Crippen molar-refractivity contribution in [3.05, 3.63) is 51.9 Å². The Morgan fingerprint density at radius 3 is 2.42 bits per heavy atom. The second kappa shape index (κ2) is 6.22. The summed E-state index contributed by atoms with van der Waals surface area (Å²) in [5.41, 5.74) is 2.08. The van der Waals surface area contributed by atoms with Gasteiger partial charge < -0.3 is 5.32 Å². The fourth-order valence-electron chi connectivity index (χ4n) is 1.81. The van der Waals surface area contributed by atoms with Crippen LogP contribution in [0.1, 0.15) is 30.9 Å². The van der Waals surface area contributed by atoms with E-state index < -0.39 is 0 Å². The second-order valence-corrected chi connectivity index (χ2v) is 5.36. The first kappa shape index (κ1) is 14.1. The van der Waals surface area contributed by atoms with E-state index in [4.69, 9.17) is 23.2 Å². The number of nitrogens with one attached hydrogen (secondary N) is 1. The molecule has 0 aliphatic heterocycles. The van der Waals surface area contributed by atoms with Crippen molar-refractivity contribution in [3.63, 3.8) is 0 Å². The van der Waals surface area contributed by atoms with Crippen molar-refractivity contribution in [2.45, 2.75) is 26.3 Å². The number of anilines is 1. The summed E-state index contributed by atoms with van der Waals surface area (Å²) in [6, 6.07) is 7.70. The molecule has 2 rings (SSSR count). The van der Waals surface area contributed by atoms with Gasteiger partial charge in [0.05, 0.1) is 0 Å². The van der Waals surface area contributed by atoms with Gasteiger partial charge in [0.2, 0.25) is 0 Å². The van der Waals surface area contributed by atoms with Gasteiger partial charge in [0.1, 0.15) is 17.3 Å². The first-order chi connectivity index (χ1) is 9.08. The molecule has 0 aliphatic rings. The van der Waals surface area contributed by atoms with Crippen LogP contribution in [0.3, 0.4) is 0 Å².